The summed E-state index contributed by atoms with van der Waals surface area (Å²) in [6.45, 7) is 7.11. The Kier molecular flexibility index (Phi) is 2.39. The molecule has 3 heteroatoms. The summed E-state index contributed by atoms with van der Waals surface area (Å²) in [4.78, 5) is 0. The van der Waals surface area contributed by atoms with Gasteiger partial charge in [0.15, 0.2) is 13.1 Å². The monoisotopic (exact) mass is 204 g/mol. The summed E-state index contributed by atoms with van der Waals surface area (Å²) >= 11 is 0. The Morgan fingerprint density at radius 2 is 2.00 bits per heavy atom. The number of para-hydroxylation sites is 1. The maximum absolute atomic E-state index is 5.11. The van der Waals surface area contributed by atoms with E-state index in [2.05, 4.69) is 44.1 Å². The average Bonchev–Trinajstić information content (AvgIpc) is 2.69. The molecule has 0 saturated heterocycles. The molecule has 0 N–H and O–H groups in total. The zero-order chi connectivity index (χ0) is 10.9. The molecule has 0 bridgehead atoms. The first-order valence-electron chi connectivity index (χ1n) is 5.10. The summed E-state index contributed by atoms with van der Waals surface area (Å²) in [5, 5.41) is 6.04. The molecular weight excluding hydrogens is 188 g/mol. The minimum Gasteiger partial charge on any atom is -0.459 e. The van der Waals surface area contributed by atoms with Gasteiger partial charge in [0.2, 0.25) is 0 Å². The fraction of sp³-hybridized carbons (Fsp3) is 0.417. The molecule has 1 aliphatic heterocycles. The Morgan fingerprint density at radius 1 is 1.27 bits per heavy atom. The van der Waals surface area contributed by atoms with Crippen molar-refractivity contribution in [1.82, 2.24) is 0 Å². The number of benzene rings is 1. The minimum atomic E-state index is 0.120. The van der Waals surface area contributed by atoms with E-state index in [1.165, 1.54) is 12.0 Å². The van der Waals surface area contributed by atoms with Crippen LogP contribution < -0.4 is 5.01 Å². The van der Waals surface area contributed by atoms with Crippen LogP contribution in [0, 0.1) is 0 Å². The van der Waals surface area contributed by atoms with Crippen LogP contribution in [-0.4, -0.2) is 13.1 Å². The highest BCUT2D eigenvalue weighted by molar-refractivity contribution is 5.61. The maximum Gasteiger partial charge on any atom is 0.195 e. The molecule has 0 aliphatic carbocycles. The number of hydrogen-bond acceptors (Lipinski definition) is 3. The lowest BCUT2D eigenvalue weighted by Crippen LogP contribution is -2.20. The van der Waals surface area contributed by atoms with Gasteiger partial charge in [-0.3, -0.25) is 0 Å². The summed E-state index contributed by atoms with van der Waals surface area (Å²) in [6.07, 6.45) is 1.49. The molecule has 0 atom stereocenters. The first-order chi connectivity index (χ1) is 7.09. The summed E-state index contributed by atoms with van der Waals surface area (Å²) in [5.74, 6) is 0. The van der Waals surface area contributed by atoms with E-state index in [1.54, 1.807) is 0 Å². The van der Waals surface area contributed by atoms with E-state index in [4.69, 9.17) is 4.74 Å². The zero-order valence-corrected chi connectivity index (χ0v) is 9.40. The van der Waals surface area contributed by atoms with Crippen molar-refractivity contribution in [3.8, 4) is 0 Å². The number of hydrogen-bond donors (Lipinski definition) is 0. The van der Waals surface area contributed by atoms with Gasteiger partial charge in [-0.25, -0.2) is 5.01 Å². The van der Waals surface area contributed by atoms with Crippen molar-refractivity contribution in [2.75, 3.05) is 11.7 Å². The molecule has 3 nitrogen and oxygen atoms in total. The highest BCUT2D eigenvalue weighted by Crippen LogP contribution is 2.32. The molecule has 1 aromatic carbocycles. The van der Waals surface area contributed by atoms with Crippen molar-refractivity contribution in [2.45, 2.75) is 26.2 Å². The van der Waals surface area contributed by atoms with Crippen LogP contribution in [0.15, 0.2) is 29.4 Å². The van der Waals surface area contributed by atoms with E-state index in [0.717, 1.165) is 5.69 Å². The lowest BCUT2D eigenvalue weighted by atomic mass is 9.86. The van der Waals surface area contributed by atoms with Crippen LogP contribution in [0.5, 0.6) is 0 Å². The van der Waals surface area contributed by atoms with Gasteiger partial charge in [0.05, 0.1) is 5.69 Å². The second kappa shape index (κ2) is 3.57. The van der Waals surface area contributed by atoms with Crippen LogP contribution in [0.4, 0.5) is 5.69 Å². The van der Waals surface area contributed by atoms with Gasteiger partial charge in [-0.1, -0.05) is 39.0 Å². The Hall–Kier alpha value is -1.51. The van der Waals surface area contributed by atoms with Crippen LogP contribution in [0.25, 0.3) is 0 Å². The molecule has 80 valence electrons. The molecule has 0 aromatic heterocycles. The Balaban J connectivity index is 2.42. The Morgan fingerprint density at radius 3 is 2.60 bits per heavy atom. The van der Waals surface area contributed by atoms with Gasteiger partial charge in [-0.05, 0) is 17.0 Å². The van der Waals surface area contributed by atoms with Crippen molar-refractivity contribution in [2.24, 2.45) is 5.10 Å². The summed E-state index contributed by atoms with van der Waals surface area (Å²) in [6, 6.07) is 8.30. The molecule has 1 aliphatic rings. The van der Waals surface area contributed by atoms with Gasteiger partial charge in [0, 0.05) is 0 Å². The van der Waals surface area contributed by atoms with Gasteiger partial charge in [-0.15, -0.1) is 5.10 Å². The topological polar surface area (TPSA) is 24.8 Å². The molecule has 0 radical (unpaired) electrons. The molecule has 0 saturated carbocycles. The predicted molar refractivity (Wildman–Crippen MR) is 62.1 cm³/mol. The first kappa shape index (κ1) is 10.0. The molecule has 0 amide bonds. The van der Waals surface area contributed by atoms with E-state index in [0.29, 0.717) is 6.73 Å². The van der Waals surface area contributed by atoms with Crippen molar-refractivity contribution < 1.29 is 4.74 Å². The number of ether oxygens (including phenoxy) is 1. The Labute approximate surface area is 90.4 Å². The van der Waals surface area contributed by atoms with Crippen LogP contribution in [0.2, 0.25) is 0 Å². The molecule has 0 unspecified atom stereocenters. The molecule has 0 spiro atoms. The fourth-order valence-corrected chi connectivity index (χ4v) is 1.69. The second-order valence-corrected chi connectivity index (χ2v) is 4.68. The highest BCUT2D eigenvalue weighted by Gasteiger charge is 2.21. The Bertz CT molecular complexity index is 379. The molecule has 15 heavy (non-hydrogen) atoms. The van der Waals surface area contributed by atoms with E-state index >= 15 is 0 Å². The van der Waals surface area contributed by atoms with Crippen LogP contribution in [0.3, 0.4) is 0 Å². The summed E-state index contributed by atoms with van der Waals surface area (Å²) < 4.78 is 5.11. The summed E-state index contributed by atoms with van der Waals surface area (Å²) in [7, 11) is 0. The van der Waals surface area contributed by atoms with Crippen molar-refractivity contribution in [1.29, 1.82) is 0 Å². The fourth-order valence-electron chi connectivity index (χ4n) is 1.69. The smallest absolute Gasteiger partial charge is 0.195 e. The van der Waals surface area contributed by atoms with E-state index in [1.807, 2.05) is 11.1 Å². The number of hydrazone groups is 1. The zero-order valence-electron chi connectivity index (χ0n) is 9.40. The second-order valence-electron chi connectivity index (χ2n) is 4.68. The lowest BCUT2D eigenvalue weighted by molar-refractivity contribution is 0.349. The minimum absolute atomic E-state index is 0.120. The number of anilines is 1. The molecule has 0 fully saturated rings. The third-order valence-corrected chi connectivity index (χ3v) is 2.45. The highest BCUT2D eigenvalue weighted by atomic mass is 16.5. The van der Waals surface area contributed by atoms with Gasteiger partial charge < -0.3 is 4.74 Å². The first-order valence-corrected chi connectivity index (χ1v) is 5.10. The average molecular weight is 204 g/mol. The predicted octanol–water partition coefficient (Wildman–Crippen LogP) is 2.72. The lowest BCUT2D eigenvalue weighted by Gasteiger charge is -2.25. The van der Waals surface area contributed by atoms with Gasteiger partial charge in [0.25, 0.3) is 0 Å². The van der Waals surface area contributed by atoms with E-state index < -0.39 is 0 Å². The van der Waals surface area contributed by atoms with Crippen molar-refractivity contribution in [3.63, 3.8) is 0 Å². The third-order valence-electron chi connectivity index (χ3n) is 2.45. The molecule has 2 rings (SSSR count). The van der Waals surface area contributed by atoms with Crippen molar-refractivity contribution in [3.05, 3.63) is 29.8 Å². The van der Waals surface area contributed by atoms with Gasteiger partial charge in [0.1, 0.15) is 0 Å². The standard InChI is InChI=1S/C12H16N2O/c1-12(2,3)10-6-4-5-7-11(10)14-9-15-8-13-14/h4-8H,9H2,1-3H3. The van der Waals surface area contributed by atoms with E-state index in [9.17, 15) is 0 Å². The third kappa shape index (κ3) is 1.96. The normalized spacial score (nSPS) is 15.5. The molecular formula is C12H16N2O. The number of nitrogens with zero attached hydrogens (tertiary/aromatic N) is 2. The van der Waals surface area contributed by atoms with Gasteiger partial charge in [-0.2, -0.15) is 0 Å². The maximum atomic E-state index is 5.11. The van der Waals surface area contributed by atoms with Crippen LogP contribution in [-0.2, 0) is 10.2 Å². The SMILES string of the molecule is CC(C)(C)c1ccccc1N1COC=N1. The van der Waals surface area contributed by atoms with Crippen LogP contribution >= 0.6 is 0 Å². The quantitative estimate of drug-likeness (QED) is 0.702. The van der Waals surface area contributed by atoms with Crippen molar-refractivity contribution >= 4 is 12.1 Å². The van der Waals surface area contributed by atoms with E-state index in [-0.39, 0.29) is 5.41 Å². The molecule has 1 heterocycles. The summed E-state index contributed by atoms with van der Waals surface area (Å²) in [5.41, 5.74) is 2.53. The van der Waals surface area contributed by atoms with Crippen LogP contribution in [0.1, 0.15) is 26.3 Å². The number of rotatable bonds is 1. The van der Waals surface area contributed by atoms with Gasteiger partial charge >= 0.3 is 0 Å². The molecule has 1 aromatic rings. The largest absolute Gasteiger partial charge is 0.459 e.